The number of carbonyl (C=O) groups excluding carboxylic acids is 1. The molecule has 0 aliphatic heterocycles. The van der Waals surface area contributed by atoms with Crippen LogP contribution in [0.1, 0.15) is 19.4 Å². The molecule has 94 valence electrons. The van der Waals surface area contributed by atoms with Crippen LogP contribution in [0.4, 0.5) is 0 Å². The lowest BCUT2D eigenvalue weighted by molar-refractivity contribution is -0.127. The van der Waals surface area contributed by atoms with Crippen molar-refractivity contribution in [1.82, 2.24) is 4.90 Å². The maximum atomic E-state index is 11.7. The number of hydrogen-bond donors (Lipinski definition) is 0. The number of thioether (sulfide) groups is 1. The van der Waals surface area contributed by atoms with Crippen LogP contribution >= 0.6 is 27.7 Å². The van der Waals surface area contributed by atoms with Gasteiger partial charge in [-0.2, -0.15) is 0 Å². The number of benzene rings is 1. The first kappa shape index (κ1) is 14.6. The van der Waals surface area contributed by atoms with Gasteiger partial charge in [0.25, 0.3) is 0 Å². The van der Waals surface area contributed by atoms with Crippen LogP contribution < -0.4 is 0 Å². The van der Waals surface area contributed by atoms with Gasteiger partial charge < -0.3 is 4.90 Å². The standard InChI is InChI=1S/C13H18BrNOS/c1-3-15(4-2)13(16)10-17-9-11-5-7-12(14)8-6-11/h5-8H,3-4,9-10H2,1-2H3. The van der Waals surface area contributed by atoms with Gasteiger partial charge in [-0.25, -0.2) is 0 Å². The molecule has 0 aromatic heterocycles. The zero-order valence-electron chi connectivity index (χ0n) is 10.3. The Morgan fingerprint density at radius 1 is 1.24 bits per heavy atom. The smallest absolute Gasteiger partial charge is 0.232 e. The summed E-state index contributed by atoms with van der Waals surface area (Å²) < 4.78 is 1.09. The highest BCUT2D eigenvalue weighted by atomic mass is 79.9. The van der Waals surface area contributed by atoms with Crippen LogP contribution in [0.3, 0.4) is 0 Å². The molecule has 0 saturated heterocycles. The highest BCUT2D eigenvalue weighted by molar-refractivity contribution is 9.10. The van der Waals surface area contributed by atoms with Gasteiger partial charge in [-0.3, -0.25) is 4.79 Å². The second-order valence-corrected chi connectivity index (χ2v) is 5.59. The number of halogens is 1. The van der Waals surface area contributed by atoms with E-state index in [0.29, 0.717) is 5.75 Å². The number of rotatable bonds is 6. The van der Waals surface area contributed by atoms with E-state index in [4.69, 9.17) is 0 Å². The molecule has 0 radical (unpaired) electrons. The average molecular weight is 316 g/mol. The number of carbonyl (C=O) groups is 1. The van der Waals surface area contributed by atoms with E-state index in [1.165, 1.54) is 5.56 Å². The lowest BCUT2D eigenvalue weighted by Crippen LogP contribution is -2.31. The molecule has 17 heavy (non-hydrogen) atoms. The van der Waals surface area contributed by atoms with E-state index in [1.54, 1.807) is 11.8 Å². The molecule has 0 N–H and O–H groups in total. The van der Waals surface area contributed by atoms with Crippen LogP contribution in [-0.2, 0) is 10.5 Å². The number of hydrogen-bond acceptors (Lipinski definition) is 2. The molecule has 0 heterocycles. The Morgan fingerprint density at radius 3 is 2.35 bits per heavy atom. The fourth-order valence-electron chi connectivity index (χ4n) is 1.50. The van der Waals surface area contributed by atoms with Gasteiger partial charge in [-0.1, -0.05) is 28.1 Å². The molecule has 0 spiro atoms. The molecule has 0 aliphatic carbocycles. The Hall–Kier alpha value is -0.480. The van der Waals surface area contributed by atoms with Gasteiger partial charge in [0.15, 0.2) is 0 Å². The number of nitrogens with zero attached hydrogens (tertiary/aromatic N) is 1. The van der Waals surface area contributed by atoms with E-state index < -0.39 is 0 Å². The largest absolute Gasteiger partial charge is 0.343 e. The Balaban J connectivity index is 2.32. The van der Waals surface area contributed by atoms with Crippen LogP contribution in [0.15, 0.2) is 28.7 Å². The third-order valence-electron chi connectivity index (χ3n) is 2.52. The van der Waals surface area contributed by atoms with Gasteiger partial charge in [0.1, 0.15) is 0 Å². The zero-order chi connectivity index (χ0) is 12.7. The Morgan fingerprint density at radius 2 is 1.82 bits per heavy atom. The van der Waals surface area contributed by atoms with Gasteiger partial charge in [0, 0.05) is 23.3 Å². The molecule has 0 bridgehead atoms. The summed E-state index contributed by atoms with van der Waals surface area (Å²) >= 11 is 5.08. The Labute approximate surface area is 116 Å². The van der Waals surface area contributed by atoms with Crippen molar-refractivity contribution >= 4 is 33.6 Å². The summed E-state index contributed by atoms with van der Waals surface area (Å²) in [6.45, 7) is 5.63. The lowest BCUT2D eigenvalue weighted by atomic mass is 10.2. The van der Waals surface area contributed by atoms with Crippen molar-refractivity contribution in [3.8, 4) is 0 Å². The van der Waals surface area contributed by atoms with Gasteiger partial charge in [-0.05, 0) is 31.5 Å². The summed E-state index contributed by atoms with van der Waals surface area (Å²) in [5, 5.41) is 0. The predicted octanol–water partition coefficient (Wildman–Crippen LogP) is 3.55. The van der Waals surface area contributed by atoms with Crippen LogP contribution in [0, 0.1) is 0 Å². The Kier molecular flexibility index (Phi) is 6.66. The average Bonchev–Trinajstić information content (AvgIpc) is 2.33. The van der Waals surface area contributed by atoms with Crippen LogP contribution in [0.5, 0.6) is 0 Å². The molecule has 1 rings (SSSR count). The third kappa shape index (κ3) is 5.13. The summed E-state index contributed by atoms with van der Waals surface area (Å²) in [5.41, 5.74) is 1.26. The quantitative estimate of drug-likeness (QED) is 0.800. The molecule has 0 aliphatic rings. The van der Waals surface area contributed by atoms with Crippen LogP contribution in [0.2, 0.25) is 0 Å². The zero-order valence-corrected chi connectivity index (χ0v) is 12.7. The maximum absolute atomic E-state index is 11.7. The summed E-state index contributed by atoms with van der Waals surface area (Å²) in [7, 11) is 0. The normalized spacial score (nSPS) is 10.3. The van der Waals surface area contributed by atoms with Gasteiger partial charge in [0.05, 0.1) is 5.75 Å². The molecule has 1 aromatic carbocycles. The molecule has 2 nitrogen and oxygen atoms in total. The van der Waals surface area contributed by atoms with Crippen molar-refractivity contribution in [2.45, 2.75) is 19.6 Å². The van der Waals surface area contributed by atoms with Gasteiger partial charge >= 0.3 is 0 Å². The Bertz CT molecular complexity index is 349. The van der Waals surface area contributed by atoms with Crippen LogP contribution in [0.25, 0.3) is 0 Å². The highest BCUT2D eigenvalue weighted by Gasteiger charge is 2.08. The topological polar surface area (TPSA) is 20.3 Å². The minimum Gasteiger partial charge on any atom is -0.343 e. The van der Waals surface area contributed by atoms with E-state index in [9.17, 15) is 4.79 Å². The van der Waals surface area contributed by atoms with E-state index in [0.717, 1.165) is 23.3 Å². The van der Waals surface area contributed by atoms with Gasteiger partial charge in [0.2, 0.25) is 5.91 Å². The van der Waals surface area contributed by atoms with Crippen molar-refractivity contribution in [1.29, 1.82) is 0 Å². The SMILES string of the molecule is CCN(CC)C(=O)CSCc1ccc(Br)cc1. The van der Waals surface area contributed by atoms with E-state index in [2.05, 4.69) is 28.1 Å². The van der Waals surface area contributed by atoms with E-state index in [1.807, 2.05) is 30.9 Å². The second kappa shape index (κ2) is 7.77. The minimum absolute atomic E-state index is 0.233. The molecule has 1 aromatic rings. The molecule has 0 unspecified atom stereocenters. The molecule has 1 amide bonds. The van der Waals surface area contributed by atoms with Crippen molar-refractivity contribution < 1.29 is 4.79 Å². The van der Waals surface area contributed by atoms with Gasteiger partial charge in [-0.15, -0.1) is 11.8 Å². The molecule has 0 atom stereocenters. The first-order chi connectivity index (χ1) is 8.17. The predicted molar refractivity (Wildman–Crippen MR) is 78.2 cm³/mol. The fraction of sp³-hybridized carbons (Fsp3) is 0.462. The summed E-state index contributed by atoms with van der Waals surface area (Å²) in [6, 6.07) is 8.22. The fourth-order valence-corrected chi connectivity index (χ4v) is 2.66. The highest BCUT2D eigenvalue weighted by Crippen LogP contribution is 2.16. The summed E-state index contributed by atoms with van der Waals surface area (Å²) in [5.74, 6) is 1.69. The van der Waals surface area contributed by atoms with Crippen molar-refractivity contribution in [2.75, 3.05) is 18.8 Å². The molecular weight excluding hydrogens is 298 g/mol. The summed E-state index contributed by atoms with van der Waals surface area (Å²) in [4.78, 5) is 13.6. The van der Waals surface area contributed by atoms with Crippen molar-refractivity contribution in [3.05, 3.63) is 34.3 Å². The first-order valence-electron chi connectivity index (χ1n) is 5.77. The molecule has 0 saturated carbocycles. The van der Waals surface area contributed by atoms with Crippen molar-refractivity contribution in [2.24, 2.45) is 0 Å². The lowest BCUT2D eigenvalue weighted by Gasteiger charge is -2.18. The molecule has 4 heteroatoms. The molecular formula is C13H18BrNOS. The second-order valence-electron chi connectivity index (χ2n) is 3.69. The first-order valence-corrected chi connectivity index (χ1v) is 7.72. The van der Waals surface area contributed by atoms with Crippen LogP contribution in [-0.4, -0.2) is 29.6 Å². The monoisotopic (exact) mass is 315 g/mol. The van der Waals surface area contributed by atoms with E-state index >= 15 is 0 Å². The minimum atomic E-state index is 0.233. The van der Waals surface area contributed by atoms with Crippen molar-refractivity contribution in [3.63, 3.8) is 0 Å². The molecule has 0 fully saturated rings. The number of amides is 1. The van der Waals surface area contributed by atoms with E-state index in [-0.39, 0.29) is 5.91 Å². The third-order valence-corrected chi connectivity index (χ3v) is 4.04. The maximum Gasteiger partial charge on any atom is 0.232 e. The summed E-state index contributed by atoms with van der Waals surface area (Å²) in [6.07, 6.45) is 0.